The van der Waals surface area contributed by atoms with Crippen LogP contribution in [-0.4, -0.2) is 17.7 Å². The molecule has 0 saturated heterocycles. The minimum atomic E-state index is -0.559. The lowest BCUT2D eigenvalue weighted by atomic mass is 9.97. The summed E-state index contributed by atoms with van der Waals surface area (Å²) in [7, 11) is 0. The van der Waals surface area contributed by atoms with E-state index in [-0.39, 0.29) is 0 Å². The highest BCUT2D eigenvalue weighted by Gasteiger charge is 2.27. The average Bonchev–Trinajstić information content (AvgIpc) is 2.37. The molecule has 90 valence electrons. The van der Waals surface area contributed by atoms with Gasteiger partial charge in [0, 0.05) is 10.3 Å². The van der Waals surface area contributed by atoms with E-state index in [4.69, 9.17) is 4.74 Å². The van der Waals surface area contributed by atoms with Crippen molar-refractivity contribution in [1.29, 1.82) is 0 Å². The number of carbonyl (C=O) groups excluding carboxylic acids is 2. The van der Waals surface area contributed by atoms with Gasteiger partial charge in [-0.1, -0.05) is 19.1 Å². The molecule has 0 unspecified atom stereocenters. The summed E-state index contributed by atoms with van der Waals surface area (Å²) in [5.41, 5.74) is 0.946. The van der Waals surface area contributed by atoms with Crippen molar-refractivity contribution >= 4 is 34.5 Å². The number of rotatable bonds is 2. The van der Waals surface area contributed by atoms with Gasteiger partial charge in [-0.25, -0.2) is 9.59 Å². The standard InChI is InChI=1S/C14H10O3S/c1-2-18-11-7-6-10-12-8(11)4-3-5-9(12)13(15)17-14(10)16/h3-7H,2H2,1H3. The number of carbonyl (C=O) groups is 2. The van der Waals surface area contributed by atoms with Gasteiger partial charge in [0.1, 0.15) is 0 Å². The van der Waals surface area contributed by atoms with Gasteiger partial charge in [0.2, 0.25) is 0 Å². The van der Waals surface area contributed by atoms with Crippen LogP contribution in [0.1, 0.15) is 27.6 Å². The number of esters is 2. The van der Waals surface area contributed by atoms with Crippen LogP contribution in [0.25, 0.3) is 10.8 Å². The number of hydrogen-bond donors (Lipinski definition) is 0. The molecular weight excluding hydrogens is 248 g/mol. The zero-order valence-corrected chi connectivity index (χ0v) is 10.5. The Bertz CT molecular complexity index is 656. The summed E-state index contributed by atoms with van der Waals surface area (Å²) in [4.78, 5) is 24.5. The number of hydrogen-bond acceptors (Lipinski definition) is 4. The Morgan fingerprint density at radius 2 is 1.78 bits per heavy atom. The number of cyclic esters (lactones) is 2. The largest absolute Gasteiger partial charge is 0.386 e. The molecule has 4 heteroatoms. The predicted octanol–water partition coefficient (Wildman–Crippen LogP) is 3.26. The van der Waals surface area contributed by atoms with Crippen molar-refractivity contribution in [3.8, 4) is 0 Å². The van der Waals surface area contributed by atoms with Crippen LogP contribution in [0.15, 0.2) is 35.2 Å². The molecule has 0 aromatic heterocycles. The molecule has 2 aromatic carbocycles. The summed E-state index contributed by atoms with van der Waals surface area (Å²) in [6, 6.07) is 9.09. The summed E-state index contributed by atoms with van der Waals surface area (Å²) < 4.78 is 4.72. The van der Waals surface area contributed by atoms with Crippen molar-refractivity contribution in [1.82, 2.24) is 0 Å². The van der Waals surface area contributed by atoms with Gasteiger partial charge >= 0.3 is 11.9 Å². The Balaban J connectivity index is 2.41. The van der Waals surface area contributed by atoms with Crippen LogP contribution in [0.2, 0.25) is 0 Å². The first-order valence-electron chi connectivity index (χ1n) is 5.67. The van der Waals surface area contributed by atoms with Gasteiger partial charge in [0.25, 0.3) is 0 Å². The molecule has 1 heterocycles. The zero-order valence-electron chi connectivity index (χ0n) is 9.73. The van der Waals surface area contributed by atoms with Crippen molar-refractivity contribution in [3.05, 3.63) is 41.5 Å². The lowest BCUT2D eigenvalue weighted by Crippen LogP contribution is -2.19. The first-order valence-corrected chi connectivity index (χ1v) is 6.66. The van der Waals surface area contributed by atoms with Crippen molar-refractivity contribution < 1.29 is 14.3 Å². The Hall–Kier alpha value is -1.81. The average molecular weight is 258 g/mol. The maximum Gasteiger partial charge on any atom is 0.346 e. The second-order valence-corrected chi connectivity index (χ2v) is 5.26. The minimum absolute atomic E-state index is 0.473. The second kappa shape index (κ2) is 4.14. The van der Waals surface area contributed by atoms with E-state index in [1.165, 1.54) is 0 Å². The highest BCUT2D eigenvalue weighted by atomic mass is 32.2. The van der Waals surface area contributed by atoms with Crippen molar-refractivity contribution in [3.63, 3.8) is 0 Å². The van der Waals surface area contributed by atoms with Crippen LogP contribution in [0.3, 0.4) is 0 Å². The molecular formula is C14H10O3S. The third-order valence-electron chi connectivity index (χ3n) is 2.93. The molecule has 0 fully saturated rings. The van der Waals surface area contributed by atoms with Crippen LogP contribution >= 0.6 is 11.8 Å². The third-order valence-corrected chi connectivity index (χ3v) is 3.88. The quantitative estimate of drug-likeness (QED) is 0.471. The lowest BCUT2D eigenvalue weighted by molar-refractivity contribution is 0.0391. The molecule has 0 aliphatic carbocycles. The van der Waals surface area contributed by atoms with E-state index in [0.29, 0.717) is 11.1 Å². The molecule has 18 heavy (non-hydrogen) atoms. The fourth-order valence-corrected chi connectivity index (χ4v) is 3.00. The molecule has 0 saturated carbocycles. The van der Waals surface area contributed by atoms with Crippen molar-refractivity contribution in [2.45, 2.75) is 11.8 Å². The molecule has 1 aliphatic rings. The molecule has 1 aliphatic heterocycles. The molecule has 0 bridgehead atoms. The Morgan fingerprint density at radius 3 is 2.50 bits per heavy atom. The summed E-state index contributed by atoms with van der Waals surface area (Å²) in [6.07, 6.45) is 0. The van der Waals surface area contributed by atoms with E-state index in [1.807, 2.05) is 18.2 Å². The van der Waals surface area contributed by atoms with Crippen LogP contribution < -0.4 is 0 Å². The molecule has 0 radical (unpaired) electrons. The van der Waals surface area contributed by atoms with E-state index in [0.717, 1.165) is 21.4 Å². The first-order chi connectivity index (χ1) is 8.72. The molecule has 3 nitrogen and oxygen atoms in total. The molecule has 3 rings (SSSR count). The smallest absolute Gasteiger partial charge is 0.346 e. The summed E-state index contributed by atoms with van der Waals surface area (Å²) in [6.45, 7) is 2.07. The van der Waals surface area contributed by atoms with Crippen molar-refractivity contribution in [2.24, 2.45) is 0 Å². The Labute approximate surface area is 108 Å². The summed E-state index contributed by atoms with van der Waals surface area (Å²) >= 11 is 1.70. The van der Waals surface area contributed by atoms with Crippen LogP contribution in [0.4, 0.5) is 0 Å². The maximum absolute atomic E-state index is 11.7. The second-order valence-electron chi connectivity index (χ2n) is 3.95. The maximum atomic E-state index is 11.7. The molecule has 0 amide bonds. The normalized spacial score (nSPS) is 13.8. The fourth-order valence-electron chi connectivity index (χ4n) is 2.20. The van der Waals surface area contributed by atoms with E-state index < -0.39 is 11.9 Å². The molecule has 2 aromatic rings. The molecule has 0 N–H and O–H groups in total. The Kier molecular flexibility index (Phi) is 2.59. The van der Waals surface area contributed by atoms with Crippen LogP contribution in [0.5, 0.6) is 0 Å². The molecule has 0 spiro atoms. The van der Waals surface area contributed by atoms with Gasteiger partial charge in [-0.05, 0) is 29.3 Å². The highest BCUT2D eigenvalue weighted by molar-refractivity contribution is 7.99. The fraction of sp³-hybridized carbons (Fsp3) is 0.143. The van der Waals surface area contributed by atoms with Gasteiger partial charge in [0.15, 0.2) is 0 Å². The summed E-state index contributed by atoms with van der Waals surface area (Å²) in [5, 5.41) is 1.67. The van der Waals surface area contributed by atoms with E-state index in [9.17, 15) is 9.59 Å². The van der Waals surface area contributed by atoms with Gasteiger partial charge < -0.3 is 4.74 Å². The van der Waals surface area contributed by atoms with E-state index in [2.05, 4.69) is 6.92 Å². The van der Waals surface area contributed by atoms with Crippen molar-refractivity contribution in [2.75, 3.05) is 5.75 Å². The van der Waals surface area contributed by atoms with E-state index >= 15 is 0 Å². The van der Waals surface area contributed by atoms with Gasteiger partial charge in [-0.3, -0.25) is 0 Å². The number of thioether (sulfide) groups is 1. The highest BCUT2D eigenvalue weighted by Crippen LogP contribution is 2.34. The Morgan fingerprint density at radius 1 is 1.06 bits per heavy atom. The number of ether oxygens (including phenoxy) is 1. The first kappa shape index (κ1) is 11.3. The van der Waals surface area contributed by atoms with Crippen LogP contribution in [0, 0.1) is 0 Å². The topological polar surface area (TPSA) is 43.4 Å². The van der Waals surface area contributed by atoms with Gasteiger partial charge in [0.05, 0.1) is 11.1 Å². The predicted molar refractivity (Wildman–Crippen MR) is 70.1 cm³/mol. The third kappa shape index (κ3) is 1.53. The number of benzene rings is 2. The minimum Gasteiger partial charge on any atom is -0.386 e. The monoisotopic (exact) mass is 258 g/mol. The van der Waals surface area contributed by atoms with Crippen LogP contribution in [-0.2, 0) is 4.74 Å². The zero-order chi connectivity index (χ0) is 12.7. The van der Waals surface area contributed by atoms with Gasteiger partial charge in [-0.15, -0.1) is 11.8 Å². The summed E-state index contributed by atoms with van der Waals surface area (Å²) in [5.74, 6) is -0.176. The van der Waals surface area contributed by atoms with Gasteiger partial charge in [-0.2, -0.15) is 0 Å². The lowest BCUT2D eigenvalue weighted by Gasteiger charge is -2.16. The molecule has 0 atom stereocenters. The van der Waals surface area contributed by atoms with E-state index in [1.54, 1.807) is 23.9 Å². The SMILES string of the molecule is CCSc1ccc2c3c(cccc13)C(=O)OC2=O.